The first-order chi connectivity index (χ1) is 13.6. The third-order valence-electron chi connectivity index (χ3n) is 4.91. The van der Waals surface area contributed by atoms with Crippen LogP contribution in [0.3, 0.4) is 0 Å². The lowest BCUT2D eigenvalue weighted by molar-refractivity contribution is 0.370. The fourth-order valence-corrected chi connectivity index (χ4v) is 3.79. The van der Waals surface area contributed by atoms with Crippen LogP contribution in [0.15, 0.2) is 47.5 Å². The van der Waals surface area contributed by atoms with Gasteiger partial charge in [0.2, 0.25) is 0 Å². The molecule has 0 aliphatic carbocycles. The molecule has 0 spiro atoms. The van der Waals surface area contributed by atoms with Crippen molar-refractivity contribution in [1.29, 1.82) is 0 Å². The number of nitrogens with zero attached hydrogens (tertiary/aromatic N) is 2. The molecule has 4 heteroatoms. The third kappa shape index (κ3) is 4.72. The average Bonchev–Trinajstić information content (AvgIpc) is 2.72. The molecule has 2 aromatic rings. The molecule has 1 heterocycles. The monoisotopic (exact) mass is 392 g/mol. The zero-order valence-corrected chi connectivity index (χ0v) is 17.8. The Morgan fingerprint density at radius 2 is 2.00 bits per heavy atom. The van der Waals surface area contributed by atoms with Crippen molar-refractivity contribution in [2.45, 2.75) is 26.2 Å². The van der Waals surface area contributed by atoms with Gasteiger partial charge in [-0.15, -0.1) is 6.42 Å². The Morgan fingerprint density at radius 1 is 1.21 bits per heavy atom. The largest absolute Gasteiger partial charge is 0.481 e. The zero-order valence-electron chi connectivity index (χ0n) is 16.9. The number of thioether (sulfide) groups is 1. The Bertz CT molecular complexity index is 865. The van der Waals surface area contributed by atoms with Crippen molar-refractivity contribution in [3.63, 3.8) is 0 Å². The molecule has 3 nitrogen and oxygen atoms in total. The minimum atomic E-state index is 0.270. The van der Waals surface area contributed by atoms with E-state index in [1.54, 1.807) is 0 Å². The Morgan fingerprint density at radius 3 is 2.68 bits per heavy atom. The predicted molar refractivity (Wildman–Crippen MR) is 122 cm³/mol. The summed E-state index contributed by atoms with van der Waals surface area (Å²) in [7, 11) is 0. The Kier molecular flexibility index (Phi) is 7.06. The van der Waals surface area contributed by atoms with Gasteiger partial charge in [-0.3, -0.25) is 4.99 Å². The maximum absolute atomic E-state index is 5.68. The van der Waals surface area contributed by atoms with Crippen molar-refractivity contribution in [1.82, 2.24) is 0 Å². The Labute approximate surface area is 173 Å². The highest BCUT2D eigenvalue weighted by Crippen LogP contribution is 2.32. The number of benzene rings is 2. The van der Waals surface area contributed by atoms with Gasteiger partial charge in [0.15, 0.2) is 0 Å². The van der Waals surface area contributed by atoms with Crippen LogP contribution < -0.4 is 9.64 Å². The molecule has 0 saturated carbocycles. The van der Waals surface area contributed by atoms with E-state index in [0.29, 0.717) is 12.6 Å². The van der Waals surface area contributed by atoms with Crippen LogP contribution in [0, 0.1) is 12.3 Å². The number of hydrogen-bond acceptors (Lipinski definition) is 4. The second-order valence-electron chi connectivity index (χ2n) is 7.21. The minimum Gasteiger partial charge on any atom is -0.481 e. The molecule has 0 radical (unpaired) electrons. The number of terminal acetylenes is 1. The molecule has 3 rings (SSSR count). The molecule has 0 fully saturated rings. The summed E-state index contributed by atoms with van der Waals surface area (Å²) in [4.78, 5) is 7.29. The Balaban J connectivity index is 1.94. The minimum absolute atomic E-state index is 0.270. The lowest BCUT2D eigenvalue weighted by atomic mass is 9.95. The molecule has 146 valence electrons. The maximum atomic E-state index is 5.68. The lowest BCUT2D eigenvalue weighted by Gasteiger charge is -2.30. The van der Waals surface area contributed by atoms with Crippen LogP contribution in [0.4, 0.5) is 5.69 Å². The molecule has 1 aliphatic heterocycles. The Hall–Kier alpha value is -2.38. The highest BCUT2D eigenvalue weighted by molar-refractivity contribution is 7.98. The molecule has 1 aliphatic rings. The number of fused-ring (bicyclic) bond motifs is 1. The first-order valence-corrected chi connectivity index (χ1v) is 11.1. The summed E-state index contributed by atoms with van der Waals surface area (Å²) in [6.07, 6.45) is 8.64. The van der Waals surface area contributed by atoms with Crippen LogP contribution in [-0.2, 0) is 0 Å². The summed E-state index contributed by atoms with van der Waals surface area (Å²) in [6.45, 7) is 6.38. The van der Waals surface area contributed by atoms with Gasteiger partial charge >= 0.3 is 0 Å². The van der Waals surface area contributed by atoms with E-state index in [1.165, 1.54) is 11.3 Å². The molecule has 0 aromatic heterocycles. The van der Waals surface area contributed by atoms with E-state index in [2.05, 4.69) is 67.3 Å². The van der Waals surface area contributed by atoms with Crippen molar-refractivity contribution < 1.29 is 4.74 Å². The zero-order chi connectivity index (χ0) is 19.9. The van der Waals surface area contributed by atoms with Gasteiger partial charge in [0.1, 0.15) is 19.0 Å². The van der Waals surface area contributed by atoms with Crippen LogP contribution in [0.5, 0.6) is 5.75 Å². The van der Waals surface area contributed by atoms with Gasteiger partial charge in [0, 0.05) is 23.4 Å². The van der Waals surface area contributed by atoms with Gasteiger partial charge in [0.05, 0.1) is 5.71 Å². The normalized spacial score (nSPS) is 13.1. The second-order valence-corrected chi connectivity index (χ2v) is 8.19. The summed E-state index contributed by atoms with van der Waals surface area (Å²) in [5.74, 6) is 4.99. The van der Waals surface area contributed by atoms with Gasteiger partial charge in [0.25, 0.3) is 0 Å². The molecule has 0 N–H and O–H groups in total. The number of rotatable bonds is 8. The van der Waals surface area contributed by atoms with E-state index in [1.807, 2.05) is 17.8 Å². The summed E-state index contributed by atoms with van der Waals surface area (Å²) >= 11 is 1.88. The van der Waals surface area contributed by atoms with Crippen LogP contribution >= 0.6 is 11.8 Å². The van der Waals surface area contributed by atoms with Gasteiger partial charge < -0.3 is 9.64 Å². The quantitative estimate of drug-likeness (QED) is 0.456. The molecular formula is C24H28N2OS. The highest BCUT2D eigenvalue weighted by Gasteiger charge is 2.22. The van der Waals surface area contributed by atoms with Crippen LogP contribution in [0.25, 0.3) is 0 Å². The molecule has 28 heavy (non-hydrogen) atoms. The van der Waals surface area contributed by atoms with Gasteiger partial charge in [-0.05, 0) is 48.1 Å². The van der Waals surface area contributed by atoms with Crippen LogP contribution in [-0.4, -0.2) is 37.5 Å². The summed E-state index contributed by atoms with van der Waals surface area (Å²) in [6, 6.07) is 15.0. The van der Waals surface area contributed by atoms with Gasteiger partial charge in [-0.1, -0.05) is 44.0 Å². The average molecular weight is 393 g/mol. The second kappa shape index (κ2) is 9.71. The van der Waals surface area contributed by atoms with Gasteiger partial charge in [-0.2, -0.15) is 11.8 Å². The van der Waals surface area contributed by atoms with E-state index >= 15 is 0 Å². The molecule has 0 atom stereocenters. The molecule has 0 amide bonds. The standard InChI is InChI=1S/C24H28N2OS/c1-5-14-27-21-11-12-23-22(16-21)24(25-17-26(23)13-6-15-28-4)20-9-7-19(8-10-20)18(2)3/h1,7-12,16,18H,6,13-15,17H2,2-4H3. The number of hydrogen-bond donors (Lipinski definition) is 0. The number of ether oxygens (including phenoxy) is 1. The van der Waals surface area contributed by atoms with Crippen molar-refractivity contribution in [2.24, 2.45) is 4.99 Å². The van der Waals surface area contributed by atoms with E-state index in [0.717, 1.165) is 41.3 Å². The fraction of sp³-hybridized carbons (Fsp3) is 0.375. The topological polar surface area (TPSA) is 24.8 Å². The van der Waals surface area contributed by atoms with Gasteiger partial charge in [-0.25, -0.2) is 0 Å². The lowest BCUT2D eigenvalue weighted by Crippen LogP contribution is -2.31. The molecule has 0 bridgehead atoms. The first kappa shape index (κ1) is 20.4. The van der Waals surface area contributed by atoms with Crippen molar-refractivity contribution in [3.05, 3.63) is 59.2 Å². The molecule has 2 aromatic carbocycles. The number of aliphatic imine (C=N–C) groups is 1. The summed E-state index contributed by atoms with van der Waals surface area (Å²) in [5, 5.41) is 0. The summed E-state index contributed by atoms with van der Waals surface area (Å²) in [5.41, 5.74) is 5.83. The van der Waals surface area contributed by atoms with Crippen molar-refractivity contribution >= 4 is 23.2 Å². The van der Waals surface area contributed by atoms with E-state index in [9.17, 15) is 0 Å². The smallest absolute Gasteiger partial charge is 0.148 e. The van der Waals surface area contributed by atoms with E-state index in [-0.39, 0.29) is 6.61 Å². The van der Waals surface area contributed by atoms with Crippen molar-refractivity contribution in [3.8, 4) is 18.1 Å². The maximum Gasteiger partial charge on any atom is 0.148 e. The van der Waals surface area contributed by atoms with Crippen LogP contribution in [0.2, 0.25) is 0 Å². The van der Waals surface area contributed by atoms with E-state index < -0.39 is 0 Å². The fourth-order valence-electron chi connectivity index (χ4n) is 3.38. The first-order valence-electron chi connectivity index (χ1n) is 9.73. The summed E-state index contributed by atoms with van der Waals surface area (Å²) < 4.78 is 5.68. The van der Waals surface area contributed by atoms with Crippen LogP contribution in [0.1, 0.15) is 42.9 Å². The third-order valence-corrected chi connectivity index (χ3v) is 5.61. The predicted octanol–water partition coefficient (Wildman–Crippen LogP) is 5.19. The molecule has 0 unspecified atom stereocenters. The highest BCUT2D eigenvalue weighted by atomic mass is 32.2. The molecule has 0 saturated heterocycles. The SMILES string of the molecule is C#CCOc1ccc2c(c1)C(c1ccc(C(C)C)cc1)=NCN2CCCSC. The van der Waals surface area contributed by atoms with Crippen molar-refractivity contribution in [2.75, 3.05) is 36.7 Å². The number of anilines is 1. The molecular weight excluding hydrogens is 364 g/mol. The van der Waals surface area contributed by atoms with E-state index in [4.69, 9.17) is 16.2 Å².